The summed E-state index contributed by atoms with van der Waals surface area (Å²) in [5, 5.41) is 1.86. The second-order valence-electron chi connectivity index (χ2n) is 6.63. The fraction of sp³-hybridized carbons (Fsp3) is 0.217. The molecule has 5 nitrogen and oxygen atoms in total. The highest BCUT2D eigenvalue weighted by molar-refractivity contribution is 5.99. The zero-order valence-corrected chi connectivity index (χ0v) is 16.2. The largest absolute Gasteiger partial charge is 0.496 e. The van der Waals surface area contributed by atoms with Gasteiger partial charge in [-0.3, -0.25) is 4.79 Å². The van der Waals surface area contributed by atoms with Gasteiger partial charge in [-0.05, 0) is 35.4 Å². The van der Waals surface area contributed by atoms with Crippen molar-refractivity contribution >= 4 is 22.6 Å². The molecular formula is C23H23NO4. The first-order valence-corrected chi connectivity index (χ1v) is 9.06. The van der Waals surface area contributed by atoms with Gasteiger partial charge in [-0.1, -0.05) is 54.6 Å². The molecule has 144 valence electrons. The molecule has 3 rings (SSSR count). The Morgan fingerprint density at radius 1 is 0.964 bits per heavy atom. The van der Waals surface area contributed by atoms with Crippen molar-refractivity contribution in [3.63, 3.8) is 0 Å². The predicted octanol–water partition coefficient (Wildman–Crippen LogP) is 4.05. The number of ether oxygens (including phenoxy) is 2. The Morgan fingerprint density at radius 3 is 2.21 bits per heavy atom. The van der Waals surface area contributed by atoms with Gasteiger partial charge < -0.3 is 14.4 Å². The van der Waals surface area contributed by atoms with Crippen LogP contribution in [0.3, 0.4) is 0 Å². The van der Waals surface area contributed by atoms with Crippen LogP contribution >= 0.6 is 0 Å². The first-order chi connectivity index (χ1) is 13.5. The highest BCUT2D eigenvalue weighted by Gasteiger charge is 2.24. The molecule has 0 aromatic heterocycles. The third kappa shape index (κ3) is 4.31. The summed E-state index contributed by atoms with van der Waals surface area (Å²) in [4.78, 5) is 26.8. The van der Waals surface area contributed by atoms with Gasteiger partial charge in [0.15, 0.2) is 6.10 Å². The molecule has 1 atom stereocenters. The summed E-state index contributed by atoms with van der Waals surface area (Å²) in [6.45, 7) is 2.02. The van der Waals surface area contributed by atoms with Crippen LogP contribution in [-0.2, 0) is 16.1 Å². The molecule has 0 N–H and O–H groups in total. The molecule has 0 fully saturated rings. The van der Waals surface area contributed by atoms with Gasteiger partial charge in [0.2, 0.25) is 0 Å². The highest BCUT2D eigenvalue weighted by atomic mass is 16.5. The van der Waals surface area contributed by atoms with Crippen LogP contribution in [0.2, 0.25) is 0 Å². The van der Waals surface area contributed by atoms with Gasteiger partial charge in [0.05, 0.1) is 7.11 Å². The van der Waals surface area contributed by atoms with Crippen molar-refractivity contribution < 1.29 is 19.1 Å². The summed E-state index contributed by atoms with van der Waals surface area (Å²) in [7, 11) is 3.19. The minimum absolute atomic E-state index is 0.267. The molecule has 3 aromatic rings. The van der Waals surface area contributed by atoms with Crippen molar-refractivity contribution in [3.8, 4) is 5.75 Å². The fourth-order valence-electron chi connectivity index (χ4n) is 3.07. The minimum Gasteiger partial charge on any atom is -0.496 e. The molecule has 0 spiro atoms. The van der Waals surface area contributed by atoms with E-state index < -0.39 is 12.1 Å². The van der Waals surface area contributed by atoms with Gasteiger partial charge in [-0.25, -0.2) is 4.79 Å². The Kier molecular flexibility index (Phi) is 5.94. The van der Waals surface area contributed by atoms with Crippen molar-refractivity contribution in [3.05, 3.63) is 77.9 Å². The quantitative estimate of drug-likeness (QED) is 0.608. The Morgan fingerprint density at radius 2 is 1.57 bits per heavy atom. The van der Waals surface area contributed by atoms with E-state index in [1.165, 1.54) is 7.11 Å². The molecule has 0 aliphatic carbocycles. The SMILES string of the molecule is COc1cc2ccccc2cc1C(=O)O[C@@H](C)C(=O)N(C)Cc1ccccc1. The Hall–Kier alpha value is -3.34. The van der Waals surface area contributed by atoms with E-state index in [0.717, 1.165) is 16.3 Å². The fourth-order valence-corrected chi connectivity index (χ4v) is 3.07. The lowest BCUT2D eigenvalue weighted by atomic mass is 10.1. The van der Waals surface area contributed by atoms with E-state index >= 15 is 0 Å². The maximum atomic E-state index is 12.7. The van der Waals surface area contributed by atoms with Crippen LogP contribution in [0.1, 0.15) is 22.8 Å². The summed E-state index contributed by atoms with van der Waals surface area (Å²) in [5.41, 5.74) is 1.31. The van der Waals surface area contributed by atoms with E-state index in [2.05, 4.69) is 0 Å². The number of benzene rings is 3. The number of rotatable bonds is 6. The van der Waals surface area contributed by atoms with Crippen LogP contribution < -0.4 is 4.74 Å². The van der Waals surface area contributed by atoms with E-state index in [4.69, 9.17) is 9.47 Å². The number of esters is 1. The van der Waals surface area contributed by atoms with E-state index in [0.29, 0.717) is 17.9 Å². The molecule has 3 aromatic carbocycles. The summed E-state index contributed by atoms with van der Waals surface area (Å²) >= 11 is 0. The average Bonchev–Trinajstić information content (AvgIpc) is 2.72. The molecule has 0 unspecified atom stereocenters. The first kappa shape index (κ1) is 19.4. The lowest BCUT2D eigenvalue weighted by molar-refractivity contribution is -0.139. The lowest BCUT2D eigenvalue weighted by Crippen LogP contribution is -2.37. The molecule has 28 heavy (non-hydrogen) atoms. The zero-order chi connectivity index (χ0) is 20.1. The molecule has 1 amide bonds. The van der Waals surface area contributed by atoms with E-state index in [1.807, 2.05) is 54.6 Å². The molecule has 0 saturated heterocycles. The van der Waals surface area contributed by atoms with Crippen LogP contribution in [0, 0.1) is 0 Å². The molecular weight excluding hydrogens is 354 g/mol. The molecule has 0 bridgehead atoms. The van der Waals surface area contributed by atoms with Crippen molar-refractivity contribution in [1.29, 1.82) is 0 Å². The van der Waals surface area contributed by atoms with Crippen molar-refractivity contribution in [2.75, 3.05) is 14.2 Å². The number of carbonyl (C=O) groups excluding carboxylic acids is 2. The Bertz CT molecular complexity index is 984. The highest BCUT2D eigenvalue weighted by Crippen LogP contribution is 2.27. The van der Waals surface area contributed by atoms with E-state index in [1.54, 1.807) is 31.0 Å². The van der Waals surface area contributed by atoms with Crippen molar-refractivity contribution in [2.24, 2.45) is 0 Å². The smallest absolute Gasteiger partial charge is 0.342 e. The monoisotopic (exact) mass is 377 g/mol. The predicted molar refractivity (Wildman–Crippen MR) is 108 cm³/mol. The molecule has 0 radical (unpaired) electrons. The second-order valence-corrected chi connectivity index (χ2v) is 6.63. The number of carbonyl (C=O) groups is 2. The molecule has 0 aliphatic rings. The van der Waals surface area contributed by atoms with Gasteiger partial charge >= 0.3 is 5.97 Å². The Balaban J connectivity index is 1.73. The van der Waals surface area contributed by atoms with Gasteiger partial charge in [-0.15, -0.1) is 0 Å². The van der Waals surface area contributed by atoms with Crippen LogP contribution in [0.15, 0.2) is 66.7 Å². The number of methoxy groups -OCH3 is 1. The third-order valence-electron chi connectivity index (χ3n) is 4.56. The van der Waals surface area contributed by atoms with Crippen LogP contribution in [0.25, 0.3) is 10.8 Å². The molecule has 0 aliphatic heterocycles. The number of hydrogen-bond donors (Lipinski definition) is 0. The summed E-state index contributed by atoms with van der Waals surface area (Å²) in [6.07, 6.45) is -0.905. The standard InChI is InChI=1S/C23H23NO4/c1-16(22(25)24(2)15-17-9-5-4-6-10-17)28-23(26)20-13-18-11-7-8-12-19(18)14-21(20)27-3/h4-14,16H,15H2,1-3H3/t16-/m0/s1. The lowest BCUT2D eigenvalue weighted by Gasteiger charge is -2.22. The third-order valence-corrected chi connectivity index (χ3v) is 4.56. The van der Waals surface area contributed by atoms with Gasteiger partial charge in [0.25, 0.3) is 5.91 Å². The number of fused-ring (bicyclic) bond motifs is 1. The number of amides is 1. The minimum atomic E-state index is -0.905. The van der Waals surface area contributed by atoms with Crippen molar-refractivity contribution in [2.45, 2.75) is 19.6 Å². The topological polar surface area (TPSA) is 55.8 Å². The van der Waals surface area contributed by atoms with Crippen LogP contribution in [-0.4, -0.2) is 37.0 Å². The Labute approximate surface area is 164 Å². The van der Waals surface area contributed by atoms with E-state index in [9.17, 15) is 9.59 Å². The summed E-state index contributed by atoms with van der Waals surface area (Å²) < 4.78 is 10.8. The maximum absolute atomic E-state index is 12.7. The maximum Gasteiger partial charge on any atom is 0.342 e. The van der Waals surface area contributed by atoms with Crippen molar-refractivity contribution in [1.82, 2.24) is 4.90 Å². The van der Waals surface area contributed by atoms with Gasteiger partial charge in [0, 0.05) is 13.6 Å². The number of likely N-dealkylation sites (N-methyl/N-ethyl adjacent to an activating group) is 1. The van der Waals surface area contributed by atoms with Gasteiger partial charge in [-0.2, -0.15) is 0 Å². The second kappa shape index (κ2) is 8.57. The zero-order valence-electron chi connectivity index (χ0n) is 16.2. The molecule has 0 saturated carbocycles. The van der Waals surface area contributed by atoms with Crippen LogP contribution in [0.5, 0.6) is 5.75 Å². The summed E-state index contributed by atoms with van der Waals surface area (Å²) in [5.74, 6) is -0.436. The van der Waals surface area contributed by atoms with Crippen LogP contribution in [0.4, 0.5) is 0 Å². The molecule has 5 heteroatoms. The summed E-state index contributed by atoms with van der Waals surface area (Å²) in [6, 6.07) is 20.8. The average molecular weight is 377 g/mol. The number of hydrogen-bond acceptors (Lipinski definition) is 4. The first-order valence-electron chi connectivity index (χ1n) is 9.06. The number of nitrogens with zero attached hydrogens (tertiary/aromatic N) is 1. The van der Waals surface area contributed by atoms with Gasteiger partial charge in [0.1, 0.15) is 11.3 Å². The molecule has 0 heterocycles. The normalized spacial score (nSPS) is 11.7. The van der Waals surface area contributed by atoms with E-state index in [-0.39, 0.29) is 5.91 Å².